The highest BCUT2D eigenvalue weighted by molar-refractivity contribution is 5.94. The first-order valence-electron chi connectivity index (χ1n) is 6.35. The molecule has 0 atom stereocenters. The third kappa shape index (κ3) is 2.59. The molecule has 0 bridgehead atoms. The third-order valence-corrected chi connectivity index (χ3v) is 2.94. The molecular formula is C16H14N4. The molecule has 4 aromatic rings. The number of hydrogen-bond donors (Lipinski definition) is 2. The van der Waals surface area contributed by atoms with Gasteiger partial charge in [0.15, 0.2) is 0 Å². The van der Waals surface area contributed by atoms with E-state index in [-0.39, 0.29) is 0 Å². The van der Waals surface area contributed by atoms with E-state index >= 15 is 0 Å². The molecule has 20 heavy (non-hydrogen) atoms. The number of nitrogens with one attached hydrogen (secondary N) is 2. The normalized spacial score (nSPS) is 10.0. The molecule has 0 saturated carbocycles. The predicted molar refractivity (Wildman–Crippen MR) is 80.1 cm³/mol. The van der Waals surface area contributed by atoms with Crippen LogP contribution in [0.1, 0.15) is 0 Å². The van der Waals surface area contributed by atoms with Gasteiger partial charge in [-0.3, -0.25) is 4.98 Å². The fourth-order valence-electron chi connectivity index (χ4n) is 2.02. The van der Waals surface area contributed by atoms with Gasteiger partial charge in [-0.05, 0) is 18.2 Å². The van der Waals surface area contributed by atoms with E-state index in [1.54, 1.807) is 18.7 Å². The van der Waals surface area contributed by atoms with E-state index in [4.69, 9.17) is 0 Å². The van der Waals surface area contributed by atoms with Crippen LogP contribution in [0.25, 0.3) is 22.2 Å². The van der Waals surface area contributed by atoms with Gasteiger partial charge in [-0.1, -0.05) is 24.3 Å². The minimum absolute atomic E-state index is 1.01. The van der Waals surface area contributed by atoms with Crippen molar-refractivity contribution in [3.8, 4) is 11.3 Å². The Morgan fingerprint density at radius 2 is 1.80 bits per heavy atom. The number of imidazole rings is 1. The zero-order valence-corrected chi connectivity index (χ0v) is 10.8. The summed E-state index contributed by atoms with van der Waals surface area (Å²) in [6, 6.07) is 14.2. The van der Waals surface area contributed by atoms with Gasteiger partial charge >= 0.3 is 0 Å². The number of pyridine rings is 1. The molecule has 4 rings (SSSR count). The standard InChI is InChI=1S/C13H10N2.C3H4N2/c1-2-6-12-10(5-1)11(9-15-12)13-7-3-4-8-14-13;1-2-5-3-4-1/h1-9,15H;1-3H,(H,4,5). The maximum Gasteiger partial charge on any atom is 0.0919 e. The Morgan fingerprint density at radius 1 is 0.900 bits per heavy atom. The average Bonchev–Trinajstić information content (AvgIpc) is 3.21. The summed E-state index contributed by atoms with van der Waals surface area (Å²) >= 11 is 0. The summed E-state index contributed by atoms with van der Waals surface area (Å²) in [7, 11) is 0. The minimum atomic E-state index is 1.01. The third-order valence-electron chi connectivity index (χ3n) is 2.94. The molecule has 0 saturated heterocycles. The number of rotatable bonds is 1. The first-order valence-corrected chi connectivity index (χ1v) is 6.35. The summed E-state index contributed by atoms with van der Waals surface area (Å²) < 4.78 is 0. The first kappa shape index (κ1) is 12.2. The van der Waals surface area contributed by atoms with Crippen molar-refractivity contribution in [2.24, 2.45) is 0 Å². The lowest BCUT2D eigenvalue weighted by atomic mass is 10.1. The van der Waals surface area contributed by atoms with Crippen LogP contribution in [-0.4, -0.2) is 19.9 Å². The van der Waals surface area contributed by atoms with Crippen molar-refractivity contribution < 1.29 is 0 Å². The largest absolute Gasteiger partial charge is 0.360 e. The van der Waals surface area contributed by atoms with Crippen LogP contribution in [0.4, 0.5) is 0 Å². The summed E-state index contributed by atoms with van der Waals surface area (Å²) in [4.78, 5) is 14.0. The molecule has 0 unspecified atom stereocenters. The van der Waals surface area contributed by atoms with Gasteiger partial charge in [0.05, 0.1) is 12.0 Å². The second kappa shape index (κ2) is 5.84. The quantitative estimate of drug-likeness (QED) is 0.550. The van der Waals surface area contributed by atoms with Crippen LogP contribution < -0.4 is 0 Å². The van der Waals surface area contributed by atoms with Crippen molar-refractivity contribution in [3.05, 3.63) is 73.6 Å². The average molecular weight is 262 g/mol. The van der Waals surface area contributed by atoms with Crippen LogP contribution in [0.15, 0.2) is 73.6 Å². The molecule has 0 spiro atoms. The van der Waals surface area contributed by atoms with Crippen LogP contribution in [0.3, 0.4) is 0 Å². The fraction of sp³-hybridized carbons (Fsp3) is 0. The molecule has 0 aliphatic heterocycles. The van der Waals surface area contributed by atoms with Crippen LogP contribution in [0, 0.1) is 0 Å². The molecular weight excluding hydrogens is 248 g/mol. The van der Waals surface area contributed by atoms with Crippen molar-refractivity contribution in [3.63, 3.8) is 0 Å². The number of H-pyrrole nitrogens is 2. The van der Waals surface area contributed by atoms with Gasteiger partial charge in [-0.25, -0.2) is 4.98 Å². The molecule has 3 heterocycles. The molecule has 0 aliphatic rings. The highest BCUT2D eigenvalue weighted by Crippen LogP contribution is 2.26. The van der Waals surface area contributed by atoms with E-state index in [0.717, 1.165) is 16.8 Å². The van der Waals surface area contributed by atoms with E-state index < -0.39 is 0 Å². The van der Waals surface area contributed by atoms with Crippen molar-refractivity contribution in [2.75, 3.05) is 0 Å². The Bertz CT molecular complexity index is 740. The summed E-state index contributed by atoms with van der Waals surface area (Å²) in [5.41, 5.74) is 3.32. The van der Waals surface area contributed by atoms with Gasteiger partial charge in [-0.2, -0.15) is 0 Å². The van der Waals surface area contributed by atoms with Crippen LogP contribution in [-0.2, 0) is 0 Å². The first-order chi connectivity index (χ1) is 9.95. The Hall–Kier alpha value is -2.88. The number of hydrogen-bond acceptors (Lipinski definition) is 2. The second-order valence-corrected chi connectivity index (χ2v) is 4.22. The van der Waals surface area contributed by atoms with Crippen molar-refractivity contribution in [1.82, 2.24) is 19.9 Å². The topological polar surface area (TPSA) is 57.4 Å². The number of aromatic amines is 2. The van der Waals surface area contributed by atoms with E-state index in [9.17, 15) is 0 Å². The minimum Gasteiger partial charge on any atom is -0.360 e. The highest BCUT2D eigenvalue weighted by Gasteiger charge is 2.04. The SMILES string of the molecule is c1c[nH]cn1.c1ccc(-c2c[nH]c3ccccc23)nc1. The molecule has 0 fully saturated rings. The maximum absolute atomic E-state index is 4.35. The van der Waals surface area contributed by atoms with E-state index in [2.05, 4.69) is 32.1 Å². The van der Waals surface area contributed by atoms with Crippen LogP contribution in [0.5, 0.6) is 0 Å². The maximum atomic E-state index is 4.35. The summed E-state index contributed by atoms with van der Waals surface area (Å²) in [6.07, 6.45) is 8.91. The Morgan fingerprint density at radius 3 is 2.50 bits per heavy atom. The molecule has 3 aromatic heterocycles. The van der Waals surface area contributed by atoms with E-state index in [1.165, 1.54) is 5.39 Å². The molecule has 0 aliphatic carbocycles. The van der Waals surface area contributed by atoms with Crippen molar-refractivity contribution in [2.45, 2.75) is 0 Å². The Balaban J connectivity index is 0.000000205. The van der Waals surface area contributed by atoms with Gasteiger partial charge in [0, 0.05) is 41.3 Å². The number of aromatic nitrogens is 4. The number of benzene rings is 1. The summed E-state index contributed by atoms with van der Waals surface area (Å²) in [6.45, 7) is 0. The van der Waals surface area contributed by atoms with Gasteiger partial charge in [0.1, 0.15) is 0 Å². The van der Waals surface area contributed by atoms with Gasteiger partial charge < -0.3 is 9.97 Å². The van der Waals surface area contributed by atoms with Gasteiger partial charge in [-0.15, -0.1) is 0 Å². The summed E-state index contributed by atoms with van der Waals surface area (Å²) in [5, 5.41) is 1.22. The number of fused-ring (bicyclic) bond motifs is 1. The Labute approximate surface area is 116 Å². The zero-order valence-electron chi connectivity index (χ0n) is 10.8. The van der Waals surface area contributed by atoms with Crippen LogP contribution >= 0.6 is 0 Å². The van der Waals surface area contributed by atoms with Gasteiger partial charge in [0.25, 0.3) is 0 Å². The molecule has 0 amide bonds. The molecule has 98 valence electrons. The number of para-hydroxylation sites is 1. The lowest BCUT2D eigenvalue weighted by Crippen LogP contribution is -1.78. The van der Waals surface area contributed by atoms with Crippen LogP contribution in [0.2, 0.25) is 0 Å². The summed E-state index contributed by atoms with van der Waals surface area (Å²) in [5.74, 6) is 0. The molecule has 4 nitrogen and oxygen atoms in total. The monoisotopic (exact) mass is 262 g/mol. The van der Waals surface area contributed by atoms with E-state index in [1.807, 2.05) is 42.7 Å². The fourth-order valence-corrected chi connectivity index (χ4v) is 2.02. The van der Waals surface area contributed by atoms with E-state index in [0.29, 0.717) is 0 Å². The lowest BCUT2D eigenvalue weighted by Gasteiger charge is -1.96. The lowest BCUT2D eigenvalue weighted by molar-refractivity contribution is 1.31. The van der Waals surface area contributed by atoms with Crippen molar-refractivity contribution in [1.29, 1.82) is 0 Å². The Kier molecular flexibility index (Phi) is 3.55. The predicted octanol–water partition coefficient (Wildman–Crippen LogP) is 3.64. The molecule has 2 N–H and O–H groups in total. The highest BCUT2D eigenvalue weighted by atomic mass is 14.8. The zero-order chi connectivity index (χ0) is 13.6. The molecule has 1 aromatic carbocycles. The van der Waals surface area contributed by atoms with Gasteiger partial charge in [0.2, 0.25) is 0 Å². The van der Waals surface area contributed by atoms with Crippen molar-refractivity contribution >= 4 is 10.9 Å². The molecule has 0 radical (unpaired) electrons. The second-order valence-electron chi connectivity index (χ2n) is 4.22. The smallest absolute Gasteiger partial charge is 0.0919 e. The number of nitrogens with zero attached hydrogens (tertiary/aromatic N) is 2. The molecule has 4 heteroatoms.